The zero-order chi connectivity index (χ0) is 23.2. The van der Waals surface area contributed by atoms with Crippen LogP contribution in [0.2, 0.25) is 5.02 Å². The van der Waals surface area contributed by atoms with Crippen LogP contribution < -0.4 is 5.32 Å². The molecule has 5 rings (SSSR count). The van der Waals surface area contributed by atoms with Gasteiger partial charge in [-0.1, -0.05) is 41.9 Å². The quantitative estimate of drug-likeness (QED) is 0.601. The molecule has 1 spiro atoms. The summed E-state index contributed by atoms with van der Waals surface area (Å²) in [5.41, 5.74) is 2.85. The van der Waals surface area contributed by atoms with Crippen LogP contribution >= 0.6 is 11.6 Å². The standard InChI is InChI=1S/C25H20ClN3O4/c1-27-22(30)21-9-7-16(13-28-21)15-6-8-18(20(26)12-15)23(31)29-11-10-25(14-29)19-5-3-2-4-17(19)24(32)33-25/h2-9,12-13H,10-11,14H2,1H3,(H,27,30)/t25-/m0/s1. The summed E-state index contributed by atoms with van der Waals surface area (Å²) in [5.74, 6) is -0.824. The van der Waals surface area contributed by atoms with Crippen LogP contribution in [0.1, 0.15) is 43.2 Å². The fraction of sp³-hybridized carbons (Fsp3) is 0.200. The number of halogens is 1. The molecule has 1 saturated heterocycles. The van der Waals surface area contributed by atoms with Crippen molar-refractivity contribution >= 4 is 29.4 Å². The van der Waals surface area contributed by atoms with E-state index in [2.05, 4.69) is 10.3 Å². The molecular weight excluding hydrogens is 442 g/mol. The molecule has 33 heavy (non-hydrogen) atoms. The number of fused-ring (bicyclic) bond motifs is 2. The highest BCUT2D eigenvalue weighted by molar-refractivity contribution is 6.34. The molecule has 0 saturated carbocycles. The number of amides is 2. The fourth-order valence-electron chi connectivity index (χ4n) is 4.47. The highest BCUT2D eigenvalue weighted by atomic mass is 35.5. The number of aromatic nitrogens is 1. The molecule has 2 aliphatic rings. The van der Waals surface area contributed by atoms with Crippen LogP contribution in [-0.4, -0.2) is 47.8 Å². The summed E-state index contributed by atoms with van der Waals surface area (Å²) >= 11 is 6.49. The Balaban J connectivity index is 1.36. The molecule has 1 atom stereocenters. The molecule has 1 N–H and O–H groups in total. The number of carbonyl (C=O) groups excluding carboxylic acids is 3. The van der Waals surface area contributed by atoms with Gasteiger partial charge in [-0.3, -0.25) is 14.6 Å². The average Bonchev–Trinajstić information content (AvgIpc) is 3.39. The maximum atomic E-state index is 13.2. The Bertz CT molecular complexity index is 1290. The van der Waals surface area contributed by atoms with E-state index in [1.54, 1.807) is 60.6 Å². The normalized spacial score (nSPS) is 18.8. The molecule has 8 heteroatoms. The average molecular weight is 462 g/mol. The third kappa shape index (κ3) is 3.54. The Labute approximate surface area is 195 Å². The van der Waals surface area contributed by atoms with E-state index in [0.29, 0.717) is 34.8 Å². The van der Waals surface area contributed by atoms with E-state index in [4.69, 9.17) is 16.3 Å². The maximum absolute atomic E-state index is 13.2. The smallest absolute Gasteiger partial charge is 0.339 e. The Morgan fingerprint density at radius 2 is 1.91 bits per heavy atom. The third-order valence-corrected chi connectivity index (χ3v) is 6.51. The van der Waals surface area contributed by atoms with Crippen molar-refractivity contribution in [3.63, 3.8) is 0 Å². The van der Waals surface area contributed by atoms with Gasteiger partial charge in [-0.2, -0.15) is 0 Å². The Morgan fingerprint density at radius 3 is 2.64 bits per heavy atom. The second-order valence-corrected chi connectivity index (χ2v) is 8.52. The van der Waals surface area contributed by atoms with Gasteiger partial charge < -0.3 is 15.0 Å². The van der Waals surface area contributed by atoms with Crippen LogP contribution in [0.15, 0.2) is 60.8 Å². The van der Waals surface area contributed by atoms with Gasteiger partial charge in [0.2, 0.25) is 0 Å². The lowest BCUT2D eigenvalue weighted by Crippen LogP contribution is -2.34. The van der Waals surface area contributed by atoms with Gasteiger partial charge in [0.25, 0.3) is 11.8 Å². The topological polar surface area (TPSA) is 88.6 Å². The van der Waals surface area contributed by atoms with Crippen molar-refractivity contribution < 1.29 is 19.1 Å². The highest BCUT2D eigenvalue weighted by Crippen LogP contribution is 2.43. The number of hydrogen-bond donors (Lipinski definition) is 1. The molecule has 2 aliphatic heterocycles. The summed E-state index contributed by atoms with van der Waals surface area (Å²) in [6, 6.07) is 15.9. The summed E-state index contributed by atoms with van der Waals surface area (Å²) in [6.45, 7) is 0.751. The number of nitrogens with one attached hydrogen (secondary N) is 1. The number of hydrogen-bond acceptors (Lipinski definition) is 5. The summed E-state index contributed by atoms with van der Waals surface area (Å²) in [6.07, 6.45) is 2.13. The number of pyridine rings is 1. The first-order chi connectivity index (χ1) is 15.9. The van der Waals surface area contributed by atoms with E-state index in [1.807, 2.05) is 12.1 Å². The van der Waals surface area contributed by atoms with Gasteiger partial charge in [-0.25, -0.2) is 4.79 Å². The minimum atomic E-state index is -0.798. The summed E-state index contributed by atoms with van der Waals surface area (Å²) in [5, 5.41) is 2.85. The summed E-state index contributed by atoms with van der Waals surface area (Å²) < 4.78 is 5.74. The molecule has 7 nitrogen and oxygen atoms in total. The first-order valence-corrected chi connectivity index (χ1v) is 10.9. The Hall–Kier alpha value is -3.71. The number of likely N-dealkylation sites (tertiary alicyclic amines) is 1. The van der Waals surface area contributed by atoms with Crippen LogP contribution in [0, 0.1) is 0 Å². The predicted molar refractivity (Wildman–Crippen MR) is 122 cm³/mol. The molecule has 166 valence electrons. The fourth-order valence-corrected chi connectivity index (χ4v) is 4.73. The molecule has 3 heterocycles. The number of carbonyl (C=O) groups is 3. The van der Waals surface area contributed by atoms with E-state index < -0.39 is 5.60 Å². The van der Waals surface area contributed by atoms with Crippen molar-refractivity contribution in [3.8, 4) is 11.1 Å². The van der Waals surface area contributed by atoms with Crippen LogP contribution in [0.4, 0.5) is 0 Å². The lowest BCUT2D eigenvalue weighted by molar-refractivity contribution is -0.00306. The Kier molecular flexibility index (Phi) is 5.13. The minimum Gasteiger partial charge on any atom is -0.449 e. The molecule has 2 amide bonds. The lowest BCUT2D eigenvalue weighted by Gasteiger charge is -2.24. The molecule has 3 aromatic rings. The molecule has 0 radical (unpaired) electrons. The largest absolute Gasteiger partial charge is 0.449 e. The van der Waals surface area contributed by atoms with Crippen LogP contribution in [-0.2, 0) is 10.3 Å². The molecule has 1 fully saturated rings. The number of esters is 1. The van der Waals surface area contributed by atoms with Gasteiger partial charge in [-0.15, -0.1) is 0 Å². The predicted octanol–water partition coefficient (Wildman–Crippen LogP) is 3.67. The SMILES string of the molecule is CNC(=O)c1ccc(-c2ccc(C(=O)N3CC[C@@]4(C3)OC(=O)c3ccccc34)c(Cl)c2)cn1. The summed E-state index contributed by atoms with van der Waals surface area (Å²) in [7, 11) is 1.55. The van der Waals surface area contributed by atoms with Crippen molar-refractivity contribution in [1.29, 1.82) is 0 Å². The van der Waals surface area contributed by atoms with Gasteiger partial charge in [0, 0.05) is 37.3 Å². The maximum Gasteiger partial charge on any atom is 0.339 e. The number of benzene rings is 2. The van der Waals surface area contributed by atoms with Crippen LogP contribution in [0.5, 0.6) is 0 Å². The van der Waals surface area contributed by atoms with Gasteiger partial charge in [0.05, 0.1) is 22.7 Å². The Morgan fingerprint density at radius 1 is 1.12 bits per heavy atom. The monoisotopic (exact) mass is 461 g/mol. The van der Waals surface area contributed by atoms with Crippen molar-refractivity contribution in [2.45, 2.75) is 12.0 Å². The van der Waals surface area contributed by atoms with Crippen molar-refractivity contribution in [2.24, 2.45) is 0 Å². The van der Waals surface area contributed by atoms with Gasteiger partial charge in [-0.05, 0) is 29.8 Å². The van der Waals surface area contributed by atoms with Gasteiger partial charge in [0.1, 0.15) is 5.69 Å². The molecular formula is C25H20ClN3O4. The number of rotatable bonds is 3. The number of ether oxygens (including phenoxy) is 1. The molecule has 0 unspecified atom stereocenters. The second-order valence-electron chi connectivity index (χ2n) is 8.11. The first-order valence-electron chi connectivity index (χ1n) is 10.5. The highest BCUT2D eigenvalue weighted by Gasteiger charge is 2.51. The lowest BCUT2D eigenvalue weighted by atomic mass is 9.91. The zero-order valence-electron chi connectivity index (χ0n) is 17.8. The van der Waals surface area contributed by atoms with Gasteiger partial charge in [0.15, 0.2) is 5.60 Å². The number of nitrogens with zero attached hydrogens (tertiary/aromatic N) is 2. The van der Waals surface area contributed by atoms with Crippen LogP contribution in [0.25, 0.3) is 11.1 Å². The van der Waals surface area contributed by atoms with E-state index >= 15 is 0 Å². The molecule has 1 aromatic heterocycles. The zero-order valence-corrected chi connectivity index (χ0v) is 18.6. The second kappa shape index (κ2) is 8.01. The van der Waals surface area contributed by atoms with E-state index in [1.165, 1.54) is 0 Å². The third-order valence-electron chi connectivity index (χ3n) is 6.20. The van der Waals surface area contributed by atoms with Gasteiger partial charge >= 0.3 is 5.97 Å². The van der Waals surface area contributed by atoms with Crippen LogP contribution in [0.3, 0.4) is 0 Å². The van der Waals surface area contributed by atoms with Crippen molar-refractivity contribution in [2.75, 3.05) is 20.1 Å². The minimum absolute atomic E-state index is 0.211. The first kappa shape index (κ1) is 21.2. The molecule has 0 aliphatic carbocycles. The van der Waals surface area contributed by atoms with E-state index in [9.17, 15) is 14.4 Å². The van der Waals surface area contributed by atoms with Crippen molar-refractivity contribution in [3.05, 3.63) is 88.2 Å². The molecule has 0 bridgehead atoms. The van der Waals surface area contributed by atoms with E-state index in [-0.39, 0.29) is 24.3 Å². The van der Waals surface area contributed by atoms with Crippen molar-refractivity contribution in [1.82, 2.24) is 15.2 Å². The van der Waals surface area contributed by atoms with E-state index in [0.717, 1.165) is 16.7 Å². The molecule has 2 aromatic carbocycles. The summed E-state index contributed by atoms with van der Waals surface area (Å²) in [4.78, 5) is 43.1.